The lowest BCUT2D eigenvalue weighted by atomic mass is 9.83. The first-order valence-corrected chi connectivity index (χ1v) is 25.8. The van der Waals surface area contributed by atoms with E-state index in [1.165, 1.54) is 66.8 Å². The molecular weight excluding hydrogens is 869 g/mol. The zero-order valence-corrected chi connectivity index (χ0v) is 43.6. The average molecular weight is 947 g/mol. The largest absolute Gasteiger partial charge is 0.507 e. The first-order chi connectivity index (χ1) is 33.9. The number of rotatable bonds is 12. The zero-order valence-electron chi connectivity index (χ0n) is 43.6. The van der Waals surface area contributed by atoms with Crippen LogP contribution in [0, 0.1) is 27.7 Å². The molecule has 0 saturated carbocycles. The van der Waals surface area contributed by atoms with Gasteiger partial charge in [-0.15, -0.1) is 0 Å². The number of para-hydroxylation sites is 2. The number of phenolic OH excluding ortho intramolecular Hbond substituents is 2. The summed E-state index contributed by atoms with van der Waals surface area (Å²) in [6.45, 7) is 27.4. The second-order valence-electron chi connectivity index (χ2n) is 18.8. The summed E-state index contributed by atoms with van der Waals surface area (Å²) in [5, 5.41) is 46.1. The van der Waals surface area contributed by atoms with Gasteiger partial charge < -0.3 is 42.1 Å². The minimum Gasteiger partial charge on any atom is -0.507 e. The Bertz CT molecular complexity index is 2440. The lowest BCUT2D eigenvalue weighted by molar-refractivity contribution is 0.453. The summed E-state index contributed by atoms with van der Waals surface area (Å²) in [6, 6.07) is 16.2. The second-order valence-corrected chi connectivity index (χ2v) is 18.8. The van der Waals surface area contributed by atoms with Crippen LogP contribution in [-0.2, 0) is 104 Å². The van der Waals surface area contributed by atoms with Crippen LogP contribution >= 0.6 is 0 Å². The summed E-state index contributed by atoms with van der Waals surface area (Å²) in [7, 11) is 0. The molecule has 0 unspecified atom stereocenters. The normalized spacial score (nSPS) is 13.7. The number of nitrogens with one attached hydrogen (secondary N) is 6. The number of aromatic hydroxyl groups is 2. The van der Waals surface area contributed by atoms with Gasteiger partial charge in [-0.3, -0.25) is 0 Å². The van der Waals surface area contributed by atoms with Crippen LogP contribution in [0.1, 0.15) is 153 Å². The van der Waals surface area contributed by atoms with Crippen molar-refractivity contribution in [3.63, 3.8) is 0 Å². The van der Waals surface area contributed by atoms with E-state index >= 15 is 0 Å². The highest BCUT2D eigenvalue weighted by Crippen LogP contribution is 2.34. The maximum Gasteiger partial charge on any atom is 0.223 e. The van der Waals surface area contributed by atoms with Gasteiger partial charge in [-0.2, -0.15) is 0 Å². The van der Waals surface area contributed by atoms with Crippen LogP contribution in [0.2, 0.25) is 0 Å². The molecule has 372 valence electrons. The molecule has 8 bridgehead atoms. The predicted molar refractivity (Wildman–Crippen MR) is 285 cm³/mol. The van der Waals surface area contributed by atoms with Crippen molar-refractivity contribution in [1.29, 1.82) is 0 Å². The number of hydrogen-bond donors (Lipinski definition) is 8. The molecule has 0 fully saturated rings. The number of nitrogens with zero attached hydrogens (tertiary/aromatic N) is 4. The van der Waals surface area contributed by atoms with Crippen molar-refractivity contribution in [3.05, 3.63) is 160 Å². The molecule has 70 heavy (non-hydrogen) atoms. The van der Waals surface area contributed by atoms with Crippen LogP contribution in [0.4, 0.5) is 11.9 Å². The summed E-state index contributed by atoms with van der Waals surface area (Å²) >= 11 is 0. The SMILES string of the molecule is CCc1c2c(CC)c(CNc3nc(C)cc(C)n3)c(CC)c1CNCc1cccc(c1O)CNCc1c(CC)c(c(CC)c(CNc3nc(C)cc(C)n3)c1CC)CNCc1cccc(c1O)CNC2. The Hall–Kier alpha value is -5.92. The van der Waals surface area contributed by atoms with E-state index in [0.29, 0.717) is 88.8 Å². The van der Waals surface area contributed by atoms with Crippen molar-refractivity contribution in [2.75, 3.05) is 10.6 Å². The van der Waals surface area contributed by atoms with E-state index in [4.69, 9.17) is 19.9 Å². The minimum absolute atomic E-state index is 0.329. The fourth-order valence-corrected chi connectivity index (χ4v) is 11.1. The summed E-state index contributed by atoms with van der Waals surface area (Å²) in [6.07, 6.45) is 5.24. The number of aromatic nitrogens is 4. The second kappa shape index (κ2) is 24.3. The van der Waals surface area contributed by atoms with Gasteiger partial charge in [0.2, 0.25) is 11.9 Å². The van der Waals surface area contributed by atoms with E-state index in [1.54, 1.807) is 0 Å². The zero-order chi connectivity index (χ0) is 49.9. The van der Waals surface area contributed by atoms with Crippen molar-refractivity contribution in [1.82, 2.24) is 41.2 Å². The summed E-state index contributed by atoms with van der Waals surface area (Å²) in [5.41, 5.74) is 23.1. The Kier molecular flexibility index (Phi) is 18.0. The van der Waals surface area contributed by atoms with Crippen LogP contribution < -0.4 is 31.9 Å². The molecule has 1 aliphatic rings. The van der Waals surface area contributed by atoms with Gasteiger partial charge in [0.15, 0.2) is 0 Å². The highest BCUT2D eigenvalue weighted by Gasteiger charge is 2.24. The standard InChI is InChI=1S/C58H78N10O2/c1-11-43-49-29-59-25-39-19-17-21-41(55(39)69)27-61-31-51-44(12-2)52(48(16-6)54(47(51)15-5)34-64-58-67-37(9)24-38(10)68-58)32-62-28-42-22-18-20-40(56(42)70)26-60-30-50(43)46(14-4)53(45(49)13-3)33-63-57-65-35(7)23-36(8)66-57/h17-24,59-62,69-70H,11-16,25-34H2,1-10H3,(H,63,65,66)(H,64,67,68). The van der Waals surface area contributed by atoms with Crippen LogP contribution in [-0.4, -0.2) is 30.1 Å². The van der Waals surface area contributed by atoms with Gasteiger partial charge in [-0.1, -0.05) is 77.9 Å². The predicted octanol–water partition coefficient (Wildman–Crippen LogP) is 9.98. The number of anilines is 2. The summed E-state index contributed by atoms with van der Waals surface area (Å²) in [4.78, 5) is 18.9. The molecule has 8 N–H and O–H groups in total. The van der Waals surface area contributed by atoms with Crippen molar-refractivity contribution in [2.24, 2.45) is 0 Å². The monoisotopic (exact) mass is 947 g/mol. The van der Waals surface area contributed by atoms with Crippen molar-refractivity contribution < 1.29 is 10.2 Å². The van der Waals surface area contributed by atoms with Gasteiger partial charge in [0.25, 0.3) is 0 Å². The number of fused-ring (bicyclic) bond motifs is 8. The van der Waals surface area contributed by atoms with E-state index in [1.807, 2.05) is 64.1 Å². The topological polar surface area (TPSA) is 164 Å². The molecule has 0 atom stereocenters. The Labute approximate surface area is 417 Å². The van der Waals surface area contributed by atoms with Crippen molar-refractivity contribution >= 4 is 11.9 Å². The first kappa shape index (κ1) is 51.9. The van der Waals surface area contributed by atoms with E-state index in [-0.39, 0.29) is 0 Å². The Morgan fingerprint density at radius 3 is 0.886 bits per heavy atom. The molecule has 0 spiro atoms. The molecule has 12 nitrogen and oxygen atoms in total. The Balaban J connectivity index is 1.28. The van der Waals surface area contributed by atoms with E-state index in [2.05, 4.69) is 85.6 Å². The smallest absolute Gasteiger partial charge is 0.223 e. The molecule has 2 aromatic heterocycles. The average Bonchev–Trinajstić information content (AvgIpc) is 3.33. The summed E-state index contributed by atoms with van der Waals surface area (Å²) in [5.74, 6) is 1.93. The van der Waals surface area contributed by atoms with Crippen LogP contribution in [0.25, 0.3) is 0 Å². The maximum atomic E-state index is 11.9. The number of hydrogen-bond acceptors (Lipinski definition) is 12. The quantitative estimate of drug-likeness (QED) is 0.0587. The Morgan fingerprint density at radius 2 is 0.643 bits per heavy atom. The van der Waals surface area contributed by atoms with Crippen molar-refractivity contribution in [3.8, 4) is 11.5 Å². The third-order valence-electron chi connectivity index (χ3n) is 14.2. The molecule has 3 heterocycles. The van der Waals surface area contributed by atoms with Gasteiger partial charge in [0, 0.05) is 110 Å². The molecule has 0 amide bonds. The fraction of sp³-hybridized carbons (Fsp3) is 0.448. The molecule has 0 aliphatic carbocycles. The fourth-order valence-electron chi connectivity index (χ4n) is 11.1. The highest BCUT2D eigenvalue weighted by molar-refractivity contribution is 5.56. The van der Waals surface area contributed by atoms with Crippen LogP contribution in [0.15, 0.2) is 48.5 Å². The summed E-state index contributed by atoms with van der Waals surface area (Å²) < 4.78 is 0. The molecule has 7 rings (SSSR count). The Morgan fingerprint density at radius 1 is 0.386 bits per heavy atom. The molecular formula is C58H78N10O2. The third kappa shape index (κ3) is 11.8. The lowest BCUT2D eigenvalue weighted by Gasteiger charge is -2.27. The van der Waals surface area contributed by atoms with E-state index in [9.17, 15) is 10.2 Å². The van der Waals surface area contributed by atoms with Crippen LogP contribution in [0.5, 0.6) is 11.5 Å². The van der Waals surface area contributed by atoms with Crippen LogP contribution in [0.3, 0.4) is 0 Å². The molecule has 1 aliphatic heterocycles. The lowest BCUT2D eigenvalue weighted by Crippen LogP contribution is -2.24. The van der Waals surface area contributed by atoms with E-state index in [0.717, 1.165) is 83.6 Å². The number of aryl methyl sites for hydroxylation is 4. The molecule has 0 saturated heterocycles. The van der Waals surface area contributed by atoms with Crippen molar-refractivity contribution in [2.45, 2.75) is 173 Å². The first-order valence-electron chi connectivity index (χ1n) is 25.8. The van der Waals surface area contributed by atoms with Gasteiger partial charge in [0.05, 0.1) is 0 Å². The molecule has 6 aromatic rings. The molecule has 0 radical (unpaired) electrons. The third-order valence-corrected chi connectivity index (χ3v) is 14.2. The molecule has 4 aromatic carbocycles. The highest BCUT2D eigenvalue weighted by atomic mass is 16.3. The van der Waals surface area contributed by atoms with Gasteiger partial charge >= 0.3 is 0 Å². The van der Waals surface area contributed by atoms with Gasteiger partial charge in [-0.25, -0.2) is 19.9 Å². The number of benzene rings is 4. The maximum absolute atomic E-state index is 11.9. The molecule has 12 heteroatoms. The van der Waals surface area contributed by atoms with Gasteiger partial charge in [-0.05, 0) is 145 Å². The number of phenols is 2. The van der Waals surface area contributed by atoms with Gasteiger partial charge in [0.1, 0.15) is 11.5 Å². The van der Waals surface area contributed by atoms with E-state index < -0.39 is 0 Å². The minimum atomic E-state index is 0.329.